The van der Waals surface area contributed by atoms with Gasteiger partial charge in [0.1, 0.15) is 0 Å². The average Bonchev–Trinajstić information content (AvgIpc) is 3.31. The SMILES string of the molecule is O=C(CC1CCCN1)Nc1ccc2c(c1)CCN2C(=O)c1cccnc1. The normalized spacial score (nSPS) is 18.6. The van der Waals surface area contributed by atoms with E-state index in [0.717, 1.165) is 42.7 Å². The van der Waals surface area contributed by atoms with Crippen molar-refractivity contribution in [2.75, 3.05) is 23.3 Å². The number of nitrogens with one attached hydrogen (secondary N) is 2. The summed E-state index contributed by atoms with van der Waals surface area (Å²) in [7, 11) is 0. The zero-order valence-electron chi connectivity index (χ0n) is 14.6. The lowest BCUT2D eigenvalue weighted by Crippen LogP contribution is -2.29. The highest BCUT2D eigenvalue weighted by Gasteiger charge is 2.26. The van der Waals surface area contributed by atoms with Gasteiger partial charge < -0.3 is 15.5 Å². The van der Waals surface area contributed by atoms with Gasteiger partial charge in [0.2, 0.25) is 5.91 Å². The van der Waals surface area contributed by atoms with Crippen LogP contribution in [0.15, 0.2) is 42.7 Å². The van der Waals surface area contributed by atoms with Crippen molar-refractivity contribution < 1.29 is 9.59 Å². The van der Waals surface area contributed by atoms with Crippen LogP contribution in [0.1, 0.15) is 35.2 Å². The van der Waals surface area contributed by atoms with Gasteiger partial charge in [0, 0.05) is 42.8 Å². The Labute approximate surface area is 152 Å². The van der Waals surface area contributed by atoms with E-state index in [4.69, 9.17) is 0 Å². The van der Waals surface area contributed by atoms with Crippen LogP contribution in [0.2, 0.25) is 0 Å². The molecule has 1 aromatic heterocycles. The minimum Gasteiger partial charge on any atom is -0.326 e. The summed E-state index contributed by atoms with van der Waals surface area (Å²) in [6, 6.07) is 9.60. The molecule has 1 saturated heterocycles. The Balaban J connectivity index is 1.44. The maximum atomic E-state index is 12.7. The average molecular weight is 350 g/mol. The fourth-order valence-electron chi connectivity index (χ4n) is 3.70. The van der Waals surface area contributed by atoms with Crippen LogP contribution in [0.25, 0.3) is 0 Å². The van der Waals surface area contributed by atoms with Gasteiger partial charge in [0.25, 0.3) is 5.91 Å². The number of aromatic nitrogens is 1. The van der Waals surface area contributed by atoms with Crippen molar-refractivity contribution in [1.82, 2.24) is 10.3 Å². The first kappa shape index (κ1) is 16.7. The molecular weight excluding hydrogens is 328 g/mol. The predicted octanol–water partition coefficient (Wildman–Crippen LogP) is 2.37. The maximum Gasteiger partial charge on any atom is 0.259 e. The molecule has 2 aromatic rings. The van der Waals surface area contributed by atoms with Gasteiger partial charge in [-0.05, 0) is 61.7 Å². The first-order chi connectivity index (χ1) is 12.7. The number of carbonyl (C=O) groups is 2. The highest BCUT2D eigenvalue weighted by molar-refractivity contribution is 6.07. The number of amides is 2. The first-order valence-corrected chi connectivity index (χ1v) is 9.09. The van der Waals surface area contributed by atoms with Crippen LogP contribution in [0.5, 0.6) is 0 Å². The summed E-state index contributed by atoms with van der Waals surface area (Å²) in [5.74, 6) is -0.00779. The molecule has 2 N–H and O–H groups in total. The number of benzene rings is 1. The Bertz CT molecular complexity index is 816. The minimum absolute atomic E-state index is 0.0330. The number of pyridine rings is 1. The van der Waals surface area contributed by atoms with E-state index < -0.39 is 0 Å². The van der Waals surface area contributed by atoms with Crippen molar-refractivity contribution in [3.63, 3.8) is 0 Å². The Morgan fingerprint density at radius 2 is 2.23 bits per heavy atom. The van der Waals surface area contributed by atoms with E-state index in [0.29, 0.717) is 18.5 Å². The maximum absolute atomic E-state index is 12.7. The summed E-state index contributed by atoms with van der Waals surface area (Å²) in [5, 5.41) is 6.32. The van der Waals surface area contributed by atoms with Crippen LogP contribution in [-0.2, 0) is 11.2 Å². The van der Waals surface area contributed by atoms with Crippen molar-refractivity contribution in [1.29, 1.82) is 0 Å². The van der Waals surface area contributed by atoms with Gasteiger partial charge in [-0.1, -0.05) is 0 Å². The zero-order chi connectivity index (χ0) is 17.9. The molecule has 2 aliphatic heterocycles. The third-order valence-corrected chi connectivity index (χ3v) is 5.01. The van der Waals surface area contributed by atoms with Gasteiger partial charge in [0.05, 0.1) is 5.56 Å². The summed E-state index contributed by atoms with van der Waals surface area (Å²) in [6.07, 6.45) is 6.73. The van der Waals surface area contributed by atoms with E-state index in [1.54, 1.807) is 29.4 Å². The van der Waals surface area contributed by atoms with E-state index in [1.807, 2.05) is 18.2 Å². The fraction of sp³-hybridized carbons (Fsp3) is 0.350. The Morgan fingerprint density at radius 1 is 1.31 bits per heavy atom. The summed E-state index contributed by atoms with van der Waals surface area (Å²) >= 11 is 0. The first-order valence-electron chi connectivity index (χ1n) is 9.09. The lowest BCUT2D eigenvalue weighted by molar-refractivity contribution is -0.116. The molecule has 6 nitrogen and oxygen atoms in total. The number of fused-ring (bicyclic) bond motifs is 1. The molecule has 2 aliphatic rings. The highest BCUT2D eigenvalue weighted by atomic mass is 16.2. The predicted molar refractivity (Wildman–Crippen MR) is 100 cm³/mol. The van der Waals surface area contributed by atoms with Crippen molar-refractivity contribution in [3.8, 4) is 0 Å². The lowest BCUT2D eigenvalue weighted by Gasteiger charge is -2.17. The van der Waals surface area contributed by atoms with Crippen LogP contribution in [0.4, 0.5) is 11.4 Å². The van der Waals surface area contributed by atoms with Crippen LogP contribution in [0, 0.1) is 0 Å². The van der Waals surface area contributed by atoms with E-state index in [9.17, 15) is 9.59 Å². The Morgan fingerprint density at radius 3 is 3.00 bits per heavy atom. The zero-order valence-corrected chi connectivity index (χ0v) is 14.6. The van der Waals surface area contributed by atoms with Crippen LogP contribution in [-0.4, -0.2) is 35.9 Å². The van der Waals surface area contributed by atoms with E-state index >= 15 is 0 Å². The van der Waals surface area contributed by atoms with Gasteiger partial charge in [0.15, 0.2) is 0 Å². The molecular formula is C20H22N4O2. The van der Waals surface area contributed by atoms with E-state index in [-0.39, 0.29) is 17.9 Å². The monoisotopic (exact) mass is 350 g/mol. The number of nitrogens with zero attached hydrogens (tertiary/aromatic N) is 2. The quantitative estimate of drug-likeness (QED) is 0.888. The standard InChI is InChI=1S/C20H22N4O2/c25-19(12-16-4-2-9-22-16)23-17-5-6-18-14(11-17)7-10-24(18)20(26)15-3-1-8-21-13-15/h1,3,5-6,8,11,13,16,22H,2,4,7,9-10,12H2,(H,23,25). The smallest absolute Gasteiger partial charge is 0.259 e. The molecule has 26 heavy (non-hydrogen) atoms. The lowest BCUT2D eigenvalue weighted by atomic mass is 10.1. The summed E-state index contributed by atoms with van der Waals surface area (Å²) in [5.41, 5.74) is 3.37. The third kappa shape index (κ3) is 3.46. The van der Waals surface area contributed by atoms with Gasteiger partial charge in [-0.3, -0.25) is 14.6 Å². The second-order valence-electron chi connectivity index (χ2n) is 6.84. The molecule has 1 fully saturated rings. The molecule has 0 bridgehead atoms. The summed E-state index contributed by atoms with van der Waals surface area (Å²) in [4.78, 5) is 30.7. The number of anilines is 2. The van der Waals surface area contributed by atoms with Gasteiger partial charge in [-0.25, -0.2) is 0 Å². The van der Waals surface area contributed by atoms with Gasteiger partial charge >= 0.3 is 0 Å². The molecule has 3 heterocycles. The fourth-order valence-corrected chi connectivity index (χ4v) is 3.70. The van der Waals surface area contributed by atoms with Crippen LogP contribution in [0.3, 0.4) is 0 Å². The molecule has 0 aliphatic carbocycles. The topological polar surface area (TPSA) is 74.3 Å². The second kappa shape index (κ2) is 7.25. The van der Waals surface area contributed by atoms with Crippen molar-refractivity contribution in [2.24, 2.45) is 0 Å². The van der Waals surface area contributed by atoms with E-state index in [2.05, 4.69) is 15.6 Å². The molecule has 1 aromatic carbocycles. The van der Waals surface area contributed by atoms with Crippen molar-refractivity contribution in [2.45, 2.75) is 31.7 Å². The van der Waals surface area contributed by atoms with Crippen molar-refractivity contribution >= 4 is 23.2 Å². The molecule has 2 amide bonds. The van der Waals surface area contributed by atoms with Crippen LogP contribution < -0.4 is 15.5 Å². The second-order valence-corrected chi connectivity index (χ2v) is 6.84. The number of rotatable bonds is 4. The Kier molecular flexibility index (Phi) is 4.67. The summed E-state index contributed by atoms with van der Waals surface area (Å²) in [6.45, 7) is 1.64. The number of hydrogen-bond donors (Lipinski definition) is 2. The molecule has 0 radical (unpaired) electrons. The number of hydrogen-bond acceptors (Lipinski definition) is 4. The van der Waals surface area contributed by atoms with Gasteiger partial charge in [-0.15, -0.1) is 0 Å². The highest BCUT2D eigenvalue weighted by Crippen LogP contribution is 2.31. The molecule has 0 spiro atoms. The molecule has 1 unspecified atom stereocenters. The van der Waals surface area contributed by atoms with Crippen LogP contribution >= 0.6 is 0 Å². The van der Waals surface area contributed by atoms with E-state index in [1.165, 1.54) is 0 Å². The Hall–Kier alpha value is -2.73. The third-order valence-electron chi connectivity index (χ3n) is 5.01. The van der Waals surface area contributed by atoms with Crippen molar-refractivity contribution in [3.05, 3.63) is 53.9 Å². The largest absolute Gasteiger partial charge is 0.326 e. The molecule has 6 heteroatoms. The number of carbonyl (C=O) groups excluding carboxylic acids is 2. The molecule has 1 atom stereocenters. The minimum atomic E-state index is -0.0408. The molecule has 4 rings (SSSR count). The molecule has 134 valence electrons. The summed E-state index contributed by atoms with van der Waals surface area (Å²) < 4.78 is 0. The van der Waals surface area contributed by atoms with Gasteiger partial charge in [-0.2, -0.15) is 0 Å². The molecule has 0 saturated carbocycles.